The predicted molar refractivity (Wildman–Crippen MR) is 53.7 cm³/mol. The number of nitro groups is 1. The van der Waals surface area contributed by atoms with E-state index in [9.17, 15) is 19.3 Å². The third-order valence-corrected chi connectivity index (χ3v) is 2.28. The Balaban J connectivity index is 3.39. The van der Waals surface area contributed by atoms with Crippen molar-refractivity contribution in [2.24, 2.45) is 0 Å². The number of hydrogen-bond donors (Lipinski definition) is 1. The van der Waals surface area contributed by atoms with Crippen molar-refractivity contribution < 1.29 is 19.2 Å². The van der Waals surface area contributed by atoms with Crippen LogP contribution in [0.1, 0.15) is 24.8 Å². The van der Waals surface area contributed by atoms with E-state index in [0.717, 1.165) is 12.1 Å². The number of nitrogens with zero attached hydrogens (tertiary/aromatic N) is 1. The van der Waals surface area contributed by atoms with Crippen molar-refractivity contribution in [2.75, 3.05) is 0 Å². The van der Waals surface area contributed by atoms with Gasteiger partial charge in [-0.1, -0.05) is 13.0 Å². The van der Waals surface area contributed by atoms with E-state index in [2.05, 4.69) is 0 Å². The number of benzene rings is 1. The number of carboxylic acid groups (broad SMARTS) is 1. The van der Waals surface area contributed by atoms with Crippen molar-refractivity contribution in [1.29, 1.82) is 0 Å². The highest BCUT2D eigenvalue weighted by Crippen LogP contribution is 2.31. The fraction of sp³-hybridized carbons (Fsp3) is 0.300. The Morgan fingerprint density at radius 2 is 2.25 bits per heavy atom. The minimum absolute atomic E-state index is 0.0944. The van der Waals surface area contributed by atoms with E-state index in [4.69, 9.17) is 5.11 Å². The van der Waals surface area contributed by atoms with Gasteiger partial charge in [0.2, 0.25) is 0 Å². The van der Waals surface area contributed by atoms with E-state index in [0.29, 0.717) is 0 Å². The van der Waals surface area contributed by atoms with Crippen LogP contribution >= 0.6 is 0 Å². The number of carboxylic acids is 1. The summed E-state index contributed by atoms with van der Waals surface area (Å²) in [7, 11) is 0. The van der Waals surface area contributed by atoms with Crippen LogP contribution in [0.25, 0.3) is 0 Å². The van der Waals surface area contributed by atoms with Crippen LogP contribution in [0.4, 0.5) is 10.1 Å². The fourth-order valence-electron chi connectivity index (χ4n) is 1.53. The van der Waals surface area contributed by atoms with Gasteiger partial charge >= 0.3 is 5.97 Å². The van der Waals surface area contributed by atoms with Crippen LogP contribution in [0.2, 0.25) is 0 Å². The molecule has 0 fully saturated rings. The molecule has 0 aliphatic heterocycles. The third kappa shape index (κ3) is 2.16. The Morgan fingerprint density at radius 3 is 2.69 bits per heavy atom. The van der Waals surface area contributed by atoms with Gasteiger partial charge in [-0.15, -0.1) is 0 Å². The van der Waals surface area contributed by atoms with Crippen molar-refractivity contribution >= 4 is 11.7 Å². The fourth-order valence-corrected chi connectivity index (χ4v) is 1.53. The van der Waals surface area contributed by atoms with Crippen LogP contribution in [-0.4, -0.2) is 16.0 Å². The van der Waals surface area contributed by atoms with E-state index in [-0.39, 0.29) is 12.0 Å². The molecular formula is C10H10FNO4. The number of carbonyl (C=O) groups is 1. The van der Waals surface area contributed by atoms with Crippen LogP contribution < -0.4 is 0 Å². The highest BCUT2D eigenvalue weighted by molar-refractivity contribution is 5.77. The first-order chi connectivity index (χ1) is 7.49. The molecular weight excluding hydrogens is 217 g/mol. The van der Waals surface area contributed by atoms with Crippen LogP contribution in [0.3, 0.4) is 0 Å². The van der Waals surface area contributed by atoms with E-state index in [1.165, 1.54) is 13.0 Å². The average Bonchev–Trinajstić information content (AvgIpc) is 2.20. The van der Waals surface area contributed by atoms with Gasteiger partial charge in [-0.25, -0.2) is 4.39 Å². The molecule has 0 radical (unpaired) electrons. The zero-order chi connectivity index (χ0) is 12.3. The lowest BCUT2D eigenvalue weighted by atomic mass is 9.94. The zero-order valence-electron chi connectivity index (χ0n) is 8.51. The van der Waals surface area contributed by atoms with Gasteiger partial charge in [0.1, 0.15) is 5.82 Å². The second-order valence-corrected chi connectivity index (χ2v) is 3.23. The van der Waals surface area contributed by atoms with Gasteiger partial charge in [0, 0.05) is 6.07 Å². The maximum absolute atomic E-state index is 13.4. The number of rotatable bonds is 4. The van der Waals surface area contributed by atoms with Crippen molar-refractivity contribution in [3.8, 4) is 0 Å². The van der Waals surface area contributed by atoms with Crippen molar-refractivity contribution in [3.63, 3.8) is 0 Å². The molecule has 0 bridgehead atoms. The minimum Gasteiger partial charge on any atom is -0.481 e. The lowest BCUT2D eigenvalue weighted by molar-refractivity contribution is -0.385. The van der Waals surface area contributed by atoms with Crippen LogP contribution in [0, 0.1) is 15.9 Å². The largest absolute Gasteiger partial charge is 0.481 e. The quantitative estimate of drug-likeness (QED) is 0.632. The van der Waals surface area contributed by atoms with Gasteiger partial charge < -0.3 is 5.11 Å². The van der Waals surface area contributed by atoms with Gasteiger partial charge in [0.25, 0.3) is 5.69 Å². The summed E-state index contributed by atoms with van der Waals surface area (Å²) in [5, 5.41) is 19.5. The maximum Gasteiger partial charge on any atom is 0.311 e. The number of aliphatic carboxylic acids is 1. The summed E-state index contributed by atoms with van der Waals surface area (Å²) in [6.45, 7) is 1.54. The van der Waals surface area contributed by atoms with E-state index in [1.807, 2.05) is 0 Å². The predicted octanol–water partition coefficient (Wildman–Crippen LogP) is 2.31. The Kier molecular flexibility index (Phi) is 3.55. The summed E-state index contributed by atoms with van der Waals surface area (Å²) in [5.41, 5.74) is -0.850. The summed E-state index contributed by atoms with van der Waals surface area (Å²) in [6.07, 6.45) is 0.0944. The number of nitro benzene ring substituents is 1. The number of halogens is 1. The van der Waals surface area contributed by atoms with E-state index in [1.54, 1.807) is 0 Å². The molecule has 1 unspecified atom stereocenters. The zero-order valence-corrected chi connectivity index (χ0v) is 8.51. The molecule has 0 heterocycles. The van der Waals surface area contributed by atoms with Crippen molar-refractivity contribution in [2.45, 2.75) is 19.3 Å². The first kappa shape index (κ1) is 12.1. The standard InChI is InChI=1S/C10H10FNO4/c1-2-6(10(13)14)9-7(11)4-3-5-8(9)12(15)16/h3-6H,2H2,1H3,(H,13,14). The molecule has 0 spiro atoms. The van der Waals surface area contributed by atoms with Crippen LogP contribution in [-0.2, 0) is 4.79 Å². The molecule has 86 valence electrons. The SMILES string of the molecule is CCC(C(=O)O)c1c(F)cccc1[N+](=O)[O-]. The lowest BCUT2D eigenvalue weighted by Crippen LogP contribution is -2.14. The Hall–Kier alpha value is -1.98. The molecule has 1 N–H and O–H groups in total. The lowest BCUT2D eigenvalue weighted by Gasteiger charge is -2.11. The molecule has 16 heavy (non-hydrogen) atoms. The van der Waals surface area contributed by atoms with Crippen LogP contribution in [0.15, 0.2) is 18.2 Å². The second-order valence-electron chi connectivity index (χ2n) is 3.23. The normalized spacial score (nSPS) is 12.1. The monoisotopic (exact) mass is 227 g/mol. The Morgan fingerprint density at radius 1 is 1.62 bits per heavy atom. The van der Waals surface area contributed by atoms with E-state index >= 15 is 0 Å². The van der Waals surface area contributed by atoms with Gasteiger partial charge in [0.05, 0.1) is 16.4 Å². The Bertz CT molecular complexity index is 433. The minimum atomic E-state index is -1.27. The van der Waals surface area contributed by atoms with Crippen molar-refractivity contribution in [1.82, 2.24) is 0 Å². The summed E-state index contributed by atoms with van der Waals surface area (Å²) in [6, 6.07) is 3.31. The summed E-state index contributed by atoms with van der Waals surface area (Å²) < 4.78 is 13.4. The molecule has 0 saturated carbocycles. The smallest absolute Gasteiger partial charge is 0.311 e. The molecule has 1 aromatic rings. The molecule has 1 rings (SSSR count). The summed E-state index contributed by atoms with van der Waals surface area (Å²) in [4.78, 5) is 20.8. The van der Waals surface area contributed by atoms with Crippen molar-refractivity contribution in [3.05, 3.63) is 39.7 Å². The number of hydrogen-bond acceptors (Lipinski definition) is 3. The van der Waals surface area contributed by atoms with Gasteiger partial charge in [-0.05, 0) is 12.5 Å². The topological polar surface area (TPSA) is 80.4 Å². The van der Waals surface area contributed by atoms with Gasteiger partial charge in [-0.2, -0.15) is 0 Å². The summed E-state index contributed by atoms with van der Waals surface area (Å²) >= 11 is 0. The Labute approximate surface area is 90.7 Å². The first-order valence-electron chi connectivity index (χ1n) is 4.64. The van der Waals surface area contributed by atoms with Gasteiger partial charge in [-0.3, -0.25) is 14.9 Å². The highest BCUT2D eigenvalue weighted by Gasteiger charge is 2.29. The molecule has 1 aromatic carbocycles. The molecule has 0 aliphatic carbocycles. The molecule has 1 atom stereocenters. The van der Waals surface area contributed by atoms with E-state index < -0.39 is 28.3 Å². The first-order valence-corrected chi connectivity index (χ1v) is 4.64. The summed E-state index contributed by atoms with van der Waals surface area (Å²) in [5.74, 6) is -3.32. The molecule has 0 saturated heterocycles. The maximum atomic E-state index is 13.4. The third-order valence-electron chi connectivity index (χ3n) is 2.28. The molecule has 0 aromatic heterocycles. The van der Waals surface area contributed by atoms with Gasteiger partial charge in [0.15, 0.2) is 0 Å². The average molecular weight is 227 g/mol. The van der Waals surface area contributed by atoms with Crippen LogP contribution in [0.5, 0.6) is 0 Å². The molecule has 0 amide bonds. The second kappa shape index (κ2) is 4.69. The molecule has 6 heteroatoms. The molecule has 0 aliphatic rings. The molecule has 5 nitrogen and oxygen atoms in total. The highest BCUT2D eigenvalue weighted by atomic mass is 19.1.